The van der Waals surface area contributed by atoms with Crippen molar-refractivity contribution in [3.05, 3.63) is 0 Å². The van der Waals surface area contributed by atoms with Crippen LogP contribution in [-0.4, -0.2) is 50.8 Å². The van der Waals surface area contributed by atoms with E-state index in [9.17, 15) is 0 Å². The van der Waals surface area contributed by atoms with Crippen LogP contribution in [0.15, 0.2) is 0 Å². The molecule has 92 valence electrons. The first-order valence-corrected chi connectivity index (χ1v) is 5.96. The summed E-state index contributed by atoms with van der Waals surface area (Å²) in [5, 5.41) is 3.31. The van der Waals surface area contributed by atoms with Gasteiger partial charge in [-0.2, -0.15) is 0 Å². The Morgan fingerprint density at radius 3 is 2.40 bits per heavy atom. The van der Waals surface area contributed by atoms with Gasteiger partial charge in [-0.15, -0.1) is 0 Å². The summed E-state index contributed by atoms with van der Waals surface area (Å²) >= 11 is 0. The lowest BCUT2D eigenvalue weighted by Crippen LogP contribution is -2.42. The third kappa shape index (κ3) is 7.77. The predicted octanol–water partition coefficient (Wildman–Crippen LogP) is 1.73. The Morgan fingerprint density at radius 1 is 1.20 bits per heavy atom. The Hall–Kier alpha value is -0.120. The first-order valence-electron chi connectivity index (χ1n) is 5.96. The van der Waals surface area contributed by atoms with Crippen LogP contribution in [0.5, 0.6) is 0 Å². The second-order valence-corrected chi connectivity index (χ2v) is 4.82. The van der Waals surface area contributed by atoms with Gasteiger partial charge in [-0.25, -0.2) is 0 Å². The first kappa shape index (κ1) is 14.9. The van der Waals surface area contributed by atoms with Crippen LogP contribution >= 0.6 is 0 Å². The van der Waals surface area contributed by atoms with Gasteiger partial charge >= 0.3 is 0 Å². The van der Waals surface area contributed by atoms with E-state index in [2.05, 4.69) is 45.1 Å². The quantitative estimate of drug-likeness (QED) is 0.594. The first-order chi connectivity index (χ1) is 7.00. The molecule has 3 nitrogen and oxygen atoms in total. The largest absolute Gasteiger partial charge is 0.380 e. The highest BCUT2D eigenvalue weighted by Gasteiger charge is 2.19. The summed E-state index contributed by atoms with van der Waals surface area (Å²) in [6.07, 6.45) is 2.35. The van der Waals surface area contributed by atoms with Crippen LogP contribution in [-0.2, 0) is 4.74 Å². The standard InChI is InChI=1S/C12H28N2O/c1-6-13-9-7-8-10-15-11-12(2,3)14(4)5/h13H,6-11H2,1-5H3. The Balaban J connectivity index is 3.31. The fourth-order valence-corrected chi connectivity index (χ4v) is 1.08. The SMILES string of the molecule is CCNCCCCOCC(C)(C)N(C)C. The molecule has 0 aromatic rings. The Kier molecular flexibility index (Phi) is 8.02. The van der Waals surface area contributed by atoms with E-state index < -0.39 is 0 Å². The van der Waals surface area contributed by atoms with Crippen molar-refractivity contribution in [1.82, 2.24) is 10.2 Å². The number of rotatable bonds is 9. The molecule has 0 spiro atoms. The Bertz CT molecular complexity index is 147. The van der Waals surface area contributed by atoms with Crippen LogP contribution in [0.2, 0.25) is 0 Å². The van der Waals surface area contributed by atoms with Gasteiger partial charge in [0.2, 0.25) is 0 Å². The van der Waals surface area contributed by atoms with Gasteiger partial charge in [0, 0.05) is 12.1 Å². The average Bonchev–Trinajstić information content (AvgIpc) is 2.16. The summed E-state index contributed by atoms with van der Waals surface area (Å²) < 4.78 is 5.67. The van der Waals surface area contributed by atoms with Crippen LogP contribution in [0.1, 0.15) is 33.6 Å². The third-order valence-electron chi connectivity index (χ3n) is 2.81. The molecule has 0 rings (SSSR count). The summed E-state index contributed by atoms with van der Waals surface area (Å²) in [5.74, 6) is 0. The molecule has 0 saturated heterocycles. The molecule has 0 heterocycles. The van der Waals surface area contributed by atoms with Crippen molar-refractivity contribution >= 4 is 0 Å². The second kappa shape index (κ2) is 8.08. The Morgan fingerprint density at radius 2 is 1.87 bits per heavy atom. The van der Waals surface area contributed by atoms with Crippen LogP contribution in [0, 0.1) is 0 Å². The molecule has 15 heavy (non-hydrogen) atoms. The number of hydrogen-bond donors (Lipinski definition) is 1. The zero-order valence-corrected chi connectivity index (χ0v) is 11.1. The number of likely N-dealkylation sites (N-methyl/N-ethyl adjacent to an activating group) is 1. The molecule has 0 saturated carbocycles. The summed E-state index contributed by atoms with van der Waals surface area (Å²) in [7, 11) is 4.18. The fraction of sp³-hybridized carbons (Fsp3) is 1.00. The summed E-state index contributed by atoms with van der Waals surface area (Å²) in [6.45, 7) is 10.4. The number of nitrogens with one attached hydrogen (secondary N) is 1. The van der Waals surface area contributed by atoms with Crippen molar-refractivity contribution in [2.45, 2.75) is 39.2 Å². The van der Waals surface area contributed by atoms with Crippen molar-refractivity contribution in [3.63, 3.8) is 0 Å². The van der Waals surface area contributed by atoms with Crippen LogP contribution in [0.4, 0.5) is 0 Å². The van der Waals surface area contributed by atoms with E-state index in [0.29, 0.717) is 0 Å². The minimum atomic E-state index is 0.141. The van der Waals surface area contributed by atoms with E-state index in [1.165, 1.54) is 6.42 Å². The van der Waals surface area contributed by atoms with Crippen LogP contribution in [0.3, 0.4) is 0 Å². The molecule has 0 atom stereocenters. The number of nitrogens with zero attached hydrogens (tertiary/aromatic N) is 1. The molecule has 0 aliphatic carbocycles. The summed E-state index contributed by atoms with van der Waals surface area (Å²) in [6, 6.07) is 0. The predicted molar refractivity (Wildman–Crippen MR) is 66.4 cm³/mol. The van der Waals surface area contributed by atoms with Crippen molar-refractivity contribution in [3.8, 4) is 0 Å². The second-order valence-electron chi connectivity index (χ2n) is 4.82. The lowest BCUT2D eigenvalue weighted by atomic mass is 10.1. The average molecular weight is 216 g/mol. The molecule has 0 unspecified atom stereocenters. The normalized spacial score (nSPS) is 12.4. The summed E-state index contributed by atoms with van der Waals surface area (Å²) in [5.41, 5.74) is 0.141. The minimum Gasteiger partial charge on any atom is -0.380 e. The van der Waals surface area contributed by atoms with E-state index in [1.807, 2.05) is 0 Å². The molecule has 0 radical (unpaired) electrons. The number of hydrogen-bond acceptors (Lipinski definition) is 3. The van der Waals surface area contributed by atoms with Gasteiger partial charge in [-0.1, -0.05) is 6.92 Å². The monoisotopic (exact) mass is 216 g/mol. The highest BCUT2D eigenvalue weighted by molar-refractivity contribution is 4.75. The molecule has 1 N–H and O–H groups in total. The molecular formula is C12H28N2O. The van der Waals surface area contributed by atoms with E-state index in [1.54, 1.807) is 0 Å². The minimum absolute atomic E-state index is 0.141. The van der Waals surface area contributed by atoms with Gasteiger partial charge in [0.1, 0.15) is 0 Å². The van der Waals surface area contributed by atoms with Crippen molar-refractivity contribution < 1.29 is 4.74 Å². The molecule has 0 aromatic heterocycles. The lowest BCUT2D eigenvalue weighted by Gasteiger charge is -2.32. The third-order valence-corrected chi connectivity index (χ3v) is 2.81. The maximum Gasteiger partial charge on any atom is 0.0644 e. The highest BCUT2D eigenvalue weighted by atomic mass is 16.5. The summed E-state index contributed by atoms with van der Waals surface area (Å²) in [4.78, 5) is 2.20. The molecule has 0 aliphatic rings. The van der Waals surface area contributed by atoms with Crippen LogP contribution in [0.25, 0.3) is 0 Å². The zero-order valence-electron chi connectivity index (χ0n) is 11.1. The topological polar surface area (TPSA) is 24.5 Å². The smallest absolute Gasteiger partial charge is 0.0644 e. The molecular weight excluding hydrogens is 188 g/mol. The maximum atomic E-state index is 5.67. The Labute approximate surface area is 95.2 Å². The van der Waals surface area contributed by atoms with Gasteiger partial charge < -0.3 is 15.0 Å². The van der Waals surface area contributed by atoms with Crippen molar-refractivity contribution in [1.29, 1.82) is 0 Å². The van der Waals surface area contributed by atoms with Gasteiger partial charge in [-0.3, -0.25) is 0 Å². The van der Waals surface area contributed by atoms with Gasteiger partial charge in [0.15, 0.2) is 0 Å². The van der Waals surface area contributed by atoms with Gasteiger partial charge in [0.25, 0.3) is 0 Å². The lowest BCUT2D eigenvalue weighted by molar-refractivity contribution is 0.0347. The van der Waals surface area contributed by atoms with E-state index in [-0.39, 0.29) is 5.54 Å². The van der Waals surface area contributed by atoms with Crippen molar-refractivity contribution in [2.24, 2.45) is 0 Å². The zero-order chi connectivity index (χ0) is 11.7. The van der Waals surface area contributed by atoms with Gasteiger partial charge in [-0.05, 0) is 53.9 Å². The molecule has 0 amide bonds. The fourth-order valence-electron chi connectivity index (χ4n) is 1.08. The van der Waals surface area contributed by atoms with Gasteiger partial charge in [0.05, 0.1) is 6.61 Å². The molecule has 0 bridgehead atoms. The van der Waals surface area contributed by atoms with E-state index >= 15 is 0 Å². The molecule has 0 aromatic carbocycles. The highest BCUT2D eigenvalue weighted by Crippen LogP contribution is 2.10. The van der Waals surface area contributed by atoms with E-state index in [4.69, 9.17) is 4.74 Å². The molecule has 3 heteroatoms. The van der Waals surface area contributed by atoms with Crippen molar-refractivity contribution in [2.75, 3.05) is 40.4 Å². The number of unbranched alkanes of at least 4 members (excludes halogenated alkanes) is 1. The molecule has 0 aliphatic heterocycles. The van der Waals surface area contributed by atoms with Crippen LogP contribution < -0.4 is 5.32 Å². The number of ether oxygens (including phenoxy) is 1. The molecule has 0 fully saturated rings. The maximum absolute atomic E-state index is 5.67. The van der Waals surface area contributed by atoms with E-state index in [0.717, 1.165) is 32.7 Å².